The van der Waals surface area contributed by atoms with Crippen molar-refractivity contribution in [1.29, 1.82) is 0 Å². The summed E-state index contributed by atoms with van der Waals surface area (Å²) in [6.45, 7) is 6.25. The monoisotopic (exact) mass is 1410 g/mol. The second-order valence-corrected chi connectivity index (χ2v) is 27.8. The first-order chi connectivity index (χ1) is 46.9. The van der Waals surface area contributed by atoms with Gasteiger partial charge in [-0.05, 0) is 65.5 Å². The molecule has 0 spiro atoms. The van der Waals surface area contributed by atoms with E-state index in [4.69, 9.17) is 20.9 Å². The number of nitrogens with two attached hydrogens (primary N) is 2. The Labute approximate surface area is 587 Å². The van der Waals surface area contributed by atoms with E-state index in [0.29, 0.717) is 64.5 Å². The van der Waals surface area contributed by atoms with Crippen LogP contribution in [-0.2, 0) is 67.0 Å². The highest BCUT2D eigenvalue weighted by atomic mass is 32.2. The number of rotatable bonds is 64. The van der Waals surface area contributed by atoms with E-state index in [1.807, 2.05) is 0 Å². The molecule has 2 aliphatic rings. The van der Waals surface area contributed by atoms with Gasteiger partial charge in [-0.2, -0.15) is 11.8 Å². The third-order valence-corrected chi connectivity index (χ3v) is 19.9. The van der Waals surface area contributed by atoms with Crippen molar-refractivity contribution in [3.05, 3.63) is 0 Å². The fourth-order valence-electron chi connectivity index (χ4n) is 11.4. The fraction of sp³-hybridized carbons (Fsp3) is 0.826. The van der Waals surface area contributed by atoms with E-state index in [9.17, 15) is 57.5 Å². The number of unbranched alkanes of at least 4 members (excludes halogenated alkanes) is 22. The maximum atomic E-state index is 13.2. The molecule has 2 unspecified atom stereocenters. The van der Waals surface area contributed by atoms with Crippen molar-refractivity contribution in [2.75, 3.05) is 97.0 Å². The quantitative estimate of drug-likeness (QED) is 0.0280. The van der Waals surface area contributed by atoms with E-state index < -0.39 is 88.5 Å². The second kappa shape index (κ2) is 56.3. The molecule has 0 aromatic heterocycles. The minimum atomic E-state index is -1.10. The Bertz CT molecular complexity index is 2330. The van der Waals surface area contributed by atoms with Crippen molar-refractivity contribution in [1.82, 2.24) is 52.3 Å². The largest absolute Gasteiger partial charge is 0.377 e. The third kappa shape index (κ3) is 41.7. The molecule has 2 heterocycles. The summed E-state index contributed by atoms with van der Waals surface area (Å²) >= 11 is 2.26. The predicted molar refractivity (Wildman–Crippen MR) is 380 cm³/mol. The highest BCUT2D eigenvalue weighted by molar-refractivity contribution is 8.00. The van der Waals surface area contributed by atoms with Gasteiger partial charge in [0, 0.05) is 95.1 Å². The molecule has 6 atom stereocenters. The van der Waals surface area contributed by atoms with Crippen molar-refractivity contribution in [3.63, 3.8) is 0 Å². The molecule has 556 valence electrons. The van der Waals surface area contributed by atoms with Crippen LogP contribution in [-0.4, -0.2) is 207 Å². The maximum Gasteiger partial charge on any atom is 0.242 e. The van der Waals surface area contributed by atoms with Gasteiger partial charge in [-0.15, -0.1) is 11.8 Å². The summed E-state index contributed by atoms with van der Waals surface area (Å²) in [5, 5.41) is 21.8. The summed E-state index contributed by atoms with van der Waals surface area (Å²) in [4.78, 5) is 155. The van der Waals surface area contributed by atoms with Crippen molar-refractivity contribution in [2.24, 2.45) is 17.4 Å². The molecule has 26 nitrogen and oxygen atoms in total. The highest BCUT2D eigenvalue weighted by Gasteiger charge is 2.41. The number of amides is 12. The second-order valence-electron chi connectivity index (χ2n) is 25.5. The van der Waals surface area contributed by atoms with Gasteiger partial charge in [0.2, 0.25) is 70.9 Å². The van der Waals surface area contributed by atoms with Gasteiger partial charge in [0.25, 0.3) is 0 Å². The van der Waals surface area contributed by atoms with Crippen LogP contribution in [0, 0.1) is 5.92 Å². The maximum absolute atomic E-state index is 13.2. The van der Waals surface area contributed by atoms with Crippen molar-refractivity contribution >= 4 is 94.4 Å². The zero-order chi connectivity index (χ0) is 71.3. The third-order valence-electron chi connectivity index (χ3n) is 17.4. The zero-order valence-electron chi connectivity index (χ0n) is 59.3. The van der Waals surface area contributed by atoms with E-state index in [0.717, 1.165) is 60.1 Å². The van der Waals surface area contributed by atoms with Crippen LogP contribution < -0.4 is 54.0 Å². The van der Waals surface area contributed by atoms with Gasteiger partial charge in [-0.25, -0.2) is 0 Å². The van der Waals surface area contributed by atoms with Gasteiger partial charge in [-0.3, -0.25) is 67.3 Å². The van der Waals surface area contributed by atoms with Gasteiger partial charge in [-0.1, -0.05) is 142 Å². The molecule has 0 aromatic rings. The minimum absolute atomic E-state index is 0.0325. The van der Waals surface area contributed by atoms with Crippen LogP contribution in [0.15, 0.2) is 0 Å². The molecule has 0 aromatic carbocycles. The summed E-state index contributed by atoms with van der Waals surface area (Å²) in [7, 11) is 3.29. The SMILES string of the molecule is CCCCCCCCCCCCCC(=O)NCCCC[C@H](NC)C(=O)N[C@@H](CSCC1CC(=O)N(CCC(=O)NCCOCCOCCNC(=O)CCN2C(=O)CC(SC[C@H](NC(=O)[C@H](CCCCNC(=O)CCCCCCCCCCCCC)NC)C(N)=O)C2=O)C1=O)C(N)=O. The molecule has 2 saturated heterocycles. The number of hydrogen-bond donors (Lipinski definition) is 10. The lowest BCUT2D eigenvalue weighted by Crippen LogP contribution is -2.52. The van der Waals surface area contributed by atoms with E-state index in [1.165, 1.54) is 114 Å². The number of likely N-dealkylation sites (tertiary alicyclic amines) is 2. The van der Waals surface area contributed by atoms with Crippen LogP contribution in [0.25, 0.3) is 0 Å². The minimum Gasteiger partial charge on any atom is -0.377 e. The zero-order valence-corrected chi connectivity index (χ0v) is 60.9. The first-order valence-corrected chi connectivity index (χ1v) is 38.7. The Morgan fingerprint density at radius 1 is 0.443 bits per heavy atom. The normalized spacial score (nSPS) is 15.9. The number of likely N-dealkylation sites (N-methyl/N-ethyl adjacent to an activating group) is 2. The summed E-state index contributed by atoms with van der Waals surface area (Å²) in [6, 6.07) is -3.32. The highest BCUT2D eigenvalue weighted by Crippen LogP contribution is 2.27. The number of primary amides is 2. The Kier molecular flexibility index (Phi) is 50.9. The fourth-order valence-corrected chi connectivity index (χ4v) is 13.7. The molecule has 97 heavy (non-hydrogen) atoms. The number of ether oxygens (including phenoxy) is 2. The first-order valence-electron chi connectivity index (χ1n) is 36.5. The molecule has 2 rings (SSSR count). The number of thioether (sulfide) groups is 2. The summed E-state index contributed by atoms with van der Waals surface area (Å²) in [5.74, 6) is -5.25. The van der Waals surface area contributed by atoms with Gasteiger partial charge < -0.3 is 63.5 Å². The molecule has 28 heteroatoms. The lowest BCUT2D eigenvalue weighted by molar-refractivity contribution is -0.141. The van der Waals surface area contributed by atoms with E-state index in [1.54, 1.807) is 14.1 Å². The number of nitrogens with one attached hydrogen (secondary N) is 8. The molecule has 0 aliphatic carbocycles. The number of hydrogen-bond acceptors (Lipinski definition) is 18. The Morgan fingerprint density at radius 3 is 1.23 bits per heavy atom. The van der Waals surface area contributed by atoms with Gasteiger partial charge in [0.05, 0.1) is 49.7 Å². The van der Waals surface area contributed by atoms with Gasteiger partial charge in [0.1, 0.15) is 12.1 Å². The Balaban J connectivity index is 1.52. The smallest absolute Gasteiger partial charge is 0.242 e. The Morgan fingerprint density at radius 2 is 0.814 bits per heavy atom. The van der Waals surface area contributed by atoms with E-state index >= 15 is 0 Å². The average Bonchev–Trinajstić information content (AvgIpc) is 1.71. The predicted octanol–water partition coefficient (Wildman–Crippen LogP) is 5.09. The number of carbonyl (C=O) groups is 12. The Hall–Kier alpha value is -5.42. The van der Waals surface area contributed by atoms with Crippen LogP contribution in [0.1, 0.15) is 232 Å². The van der Waals surface area contributed by atoms with Crippen molar-refractivity contribution in [2.45, 2.75) is 262 Å². The van der Waals surface area contributed by atoms with Crippen molar-refractivity contribution in [3.8, 4) is 0 Å². The molecule has 0 saturated carbocycles. The van der Waals surface area contributed by atoms with Gasteiger partial charge in [0.15, 0.2) is 0 Å². The molecular formula is C69H124N12O14S2. The number of imide groups is 2. The summed E-state index contributed by atoms with van der Waals surface area (Å²) in [5.41, 5.74) is 11.3. The topological polar surface area (TPSA) is 378 Å². The van der Waals surface area contributed by atoms with Crippen LogP contribution in [0.2, 0.25) is 0 Å². The number of carbonyl (C=O) groups excluding carboxylic acids is 12. The molecule has 12 amide bonds. The molecule has 2 aliphatic heterocycles. The van der Waals surface area contributed by atoms with Crippen LogP contribution in [0.3, 0.4) is 0 Å². The molecule has 0 radical (unpaired) electrons. The van der Waals surface area contributed by atoms with Gasteiger partial charge >= 0.3 is 0 Å². The number of nitrogens with zero attached hydrogens (tertiary/aromatic N) is 2. The van der Waals surface area contributed by atoms with E-state index in [2.05, 4.69) is 56.4 Å². The molecular weight excluding hydrogens is 1280 g/mol. The standard InChI is InChI=1S/C69H124N12O14S2/c1-5-7-9-11-13-15-17-19-21-23-25-33-58(82)74-37-29-27-31-53(72-3)66(90)78-55(64(70)88)50-96-49-52-47-62(86)80(68(52)92)41-35-60(84)76-39-43-94-45-46-95-44-40-77-61(85)36-42-81-63(87)48-57(69(81)93)97-51-56(65(71)89)79-67(91)54(73-4)32-28-30-38-75-59(83)34-26-24-22-20-18-16-14-12-10-8-6-2/h52-57,72-73H,5-51H2,1-4H3,(H2,70,88)(H2,71,89)(H,74,82)(H,75,83)(H,76,84)(H,77,85)(H,78,90)(H,79,91)/t52?,53-,54-,55-,56-,57?/m0/s1. The molecule has 0 bridgehead atoms. The van der Waals surface area contributed by atoms with Crippen LogP contribution >= 0.6 is 23.5 Å². The lowest BCUT2D eigenvalue weighted by atomic mass is 10.1. The lowest BCUT2D eigenvalue weighted by Gasteiger charge is -2.21. The van der Waals surface area contributed by atoms with Crippen LogP contribution in [0.5, 0.6) is 0 Å². The summed E-state index contributed by atoms with van der Waals surface area (Å²) in [6.07, 6.45) is 31.1. The average molecular weight is 1410 g/mol. The van der Waals surface area contributed by atoms with E-state index in [-0.39, 0.29) is 113 Å². The first kappa shape index (κ1) is 87.7. The van der Waals surface area contributed by atoms with Crippen LogP contribution in [0.4, 0.5) is 0 Å². The molecule has 2 fully saturated rings. The molecule has 12 N–H and O–H groups in total. The summed E-state index contributed by atoms with van der Waals surface area (Å²) < 4.78 is 11.0. The van der Waals surface area contributed by atoms with Crippen molar-refractivity contribution < 1.29 is 67.0 Å².